The Morgan fingerprint density at radius 3 is 2.12 bits per heavy atom. The van der Waals surface area contributed by atoms with Gasteiger partial charge in [0.2, 0.25) is 17.8 Å². The van der Waals surface area contributed by atoms with E-state index >= 15 is 0 Å². The number of rotatable bonds is 12. The van der Waals surface area contributed by atoms with Gasteiger partial charge in [0.05, 0.1) is 0 Å². The van der Waals surface area contributed by atoms with Gasteiger partial charge in [0.25, 0.3) is 0 Å². The van der Waals surface area contributed by atoms with Crippen LogP contribution in [-0.4, -0.2) is 24.5 Å². The molecule has 1 atom stereocenters. The van der Waals surface area contributed by atoms with Crippen molar-refractivity contribution < 1.29 is 0 Å². The first-order valence-corrected chi connectivity index (χ1v) is 9.96. The molecule has 0 aromatic carbocycles. The zero-order valence-corrected chi connectivity index (χ0v) is 16.2. The summed E-state index contributed by atoms with van der Waals surface area (Å²) in [5, 5.41) is 0. The van der Waals surface area contributed by atoms with Gasteiger partial charge in [-0.1, -0.05) is 65.2 Å². The van der Waals surface area contributed by atoms with Gasteiger partial charge in [0.15, 0.2) is 0 Å². The van der Waals surface area contributed by atoms with E-state index in [9.17, 15) is 0 Å². The topological polar surface area (TPSA) is 109 Å². The molecular weight excluding hydrogens is 326 g/mol. The summed E-state index contributed by atoms with van der Waals surface area (Å²) in [5.74, 6) is 2.05. The number of aromatic nitrogens is 5. The Balaban J connectivity index is 1.89. The molecule has 0 bridgehead atoms. The third-order valence-electron chi connectivity index (χ3n) is 4.81. The van der Waals surface area contributed by atoms with Crippen molar-refractivity contribution in [1.82, 2.24) is 24.5 Å². The third kappa shape index (κ3) is 5.97. The Hall–Kier alpha value is -2.18. The number of anilines is 2. The standard InChI is InChI=1S/C19H33N7/c1-3-5-6-7-8-9-10-11-12-15(4-2)16-22-13-14-26(16)19-24-17(20)23-18(21)25-19/h13-15H,3-12H2,1-2H3,(H4,20,21,23,24,25). The number of nitrogen functional groups attached to an aromatic ring is 2. The van der Waals surface area contributed by atoms with Crippen LogP contribution < -0.4 is 11.5 Å². The van der Waals surface area contributed by atoms with Crippen molar-refractivity contribution >= 4 is 11.9 Å². The highest BCUT2D eigenvalue weighted by Crippen LogP contribution is 2.26. The van der Waals surface area contributed by atoms with Crippen LogP contribution >= 0.6 is 0 Å². The van der Waals surface area contributed by atoms with Crippen molar-refractivity contribution in [3.05, 3.63) is 18.2 Å². The first kappa shape index (κ1) is 20.1. The molecule has 1 unspecified atom stereocenters. The first-order chi connectivity index (χ1) is 12.7. The Labute approximate surface area is 156 Å². The zero-order chi connectivity index (χ0) is 18.8. The minimum Gasteiger partial charge on any atom is -0.368 e. The number of nitrogens with zero attached hydrogens (tertiary/aromatic N) is 5. The van der Waals surface area contributed by atoms with E-state index in [1.54, 1.807) is 6.20 Å². The van der Waals surface area contributed by atoms with Gasteiger partial charge < -0.3 is 11.5 Å². The summed E-state index contributed by atoms with van der Waals surface area (Å²) >= 11 is 0. The molecule has 4 N–H and O–H groups in total. The first-order valence-electron chi connectivity index (χ1n) is 9.96. The minimum absolute atomic E-state index is 0.128. The summed E-state index contributed by atoms with van der Waals surface area (Å²) < 4.78 is 1.88. The van der Waals surface area contributed by atoms with Crippen molar-refractivity contribution in [3.63, 3.8) is 0 Å². The highest BCUT2D eigenvalue weighted by molar-refractivity contribution is 5.32. The van der Waals surface area contributed by atoms with Crippen molar-refractivity contribution in [1.29, 1.82) is 0 Å². The molecule has 2 rings (SSSR count). The molecule has 0 saturated carbocycles. The Bertz CT molecular complexity index is 633. The summed E-state index contributed by atoms with van der Waals surface area (Å²) in [5.41, 5.74) is 11.4. The van der Waals surface area contributed by atoms with E-state index in [0.29, 0.717) is 11.9 Å². The summed E-state index contributed by atoms with van der Waals surface area (Å²) in [4.78, 5) is 16.8. The molecule has 7 heteroatoms. The Morgan fingerprint density at radius 1 is 0.885 bits per heavy atom. The molecule has 0 radical (unpaired) electrons. The molecule has 0 aliphatic heterocycles. The molecule has 26 heavy (non-hydrogen) atoms. The van der Waals surface area contributed by atoms with Crippen molar-refractivity contribution in [2.45, 2.75) is 84.0 Å². The maximum Gasteiger partial charge on any atom is 0.241 e. The Morgan fingerprint density at radius 2 is 1.50 bits per heavy atom. The van der Waals surface area contributed by atoms with Gasteiger partial charge in [0, 0.05) is 18.3 Å². The van der Waals surface area contributed by atoms with Crippen LogP contribution in [0.3, 0.4) is 0 Å². The van der Waals surface area contributed by atoms with E-state index in [0.717, 1.165) is 18.7 Å². The predicted octanol–water partition coefficient (Wildman–Crippen LogP) is 4.25. The van der Waals surface area contributed by atoms with Crippen LogP contribution in [-0.2, 0) is 0 Å². The average molecular weight is 360 g/mol. The normalized spacial score (nSPS) is 12.4. The maximum atomic E-state index is 5.71. The number of hydrogen-bond donors (Lipinski definition) is 2. The fraction of sp³-hybridized carbons (Fsp3) is 0.684. The van der Waals surface area contributed by atoms with Crippen LogP contribution in [0.25, 0.3) is 5.95 Å². The van der Waals surface area contributed by atoms with Gasteiger partial charge in [-0.05, 0) is 12.8 Å². The summed E-state index contributed by atoms with van der Waals surface area (Å²) in [6, 6.07) is 0. The molecule has 144 valence electrons. The van der Waals surface area contributed by atoms with Gasteiger partial charge >= 0.3 is 0 Å². The third-order valence-corrected chi connectivity index (χ3v) is 4.81. The minimum atomic E-state index is 0.128. The summed E-state index contributed by atoms with van der Waals surface area (Å²) in [7, 11) is 0. The van der Waals surface area contributed by atoms with Gasteiger partial charge in [-0.3, -0.25) is 4.57 Å². The molecule has 0 saturated heterocycles. The second-order valence-corrected chi connectivity index (χ2v) is 6.88. The van der Waals surface area contributed by atoms with Gasteiger partial charge in [-0.15, -0.1) is 0 Å². The fourth-order valence-corrected chi connectivity index (χ4v) is 3.33. The predicted molar refractivity (Wildman–Crippen MR) is 106 cm³/mol. The van der Waals surface area contributed by atoms with Crippen molar-refractivity contribution in [2.24, 2.45) is 0 Å². The zero-order valence-electron chi connectivity index (χ0n) is 16.2. The lowest BCUT2D eigenvalue weighted by atomic mass is 9.97. The molecule has 2 heterocycles. The van der Waals surface area contributed by atoms with Gasteiger partial charge in [-0.25, -0.2) is 4.98 Å². The number of unbranched alkanes of at least 4 members (excludes halogenated alkanes) is 7. The quantitative estimate of drug-likeness (QED) is 0.548. The molecule has 0 amide bonds. The highest BCUT2D eigenvalue weighted by Gasteiger charge is 2.18. The molecule has 0 aliphatic rings. The second kappa shape index (κ2) is 10.7. The molecule has 0 aliphatic carbocycles. The van der Waals surface area contributed by atoms with E-state index < -0.39 is 0 Å². The van der Waals surface area contributed by atoms with Crippen LogP contribution in [0, 0.1) is 0 Å². The Kier molecular flexibility index (Phi) is 8.31. The SMILES string of the molecule is CCCCCCCCCCC(CC)c1nccn1-c1nc(N)nc(N)n1. The van der Waals surface area contributed by atoms with E-state index in [-0.39, 0.29) is 11.9 Å². The van der Waals surface area contributed by atoms with Crippen LogP contribution in [0.5, 0.6) is 0 Å². The van der Waals surface area contributed by atoms with Gasteiger partial charge in [-0.2, -0.15) is 15.0 Å². The van der Waals surface area contributed by atoms with E-state index in [4.69, 9.17) is 11.5 Å². The fourth-order valence-electron chi connectivity index (χ4n) is 3.33. The lowest BCUT2D eigenvalue weighted by Crippen LogP contribution is -2.13. The largest absolute Gasteiger partial charge is 0.368 e. The smallest absolute Gasteiger partial charge is 0.241 e. The number of hydrogen-bond acceptors (Lipinski definition) is 6. The molecule has 0 spiro atoms. The van der Waals surface area contributed by atoms with E-state index in [1.807, 2.05) is 10.8 Å². The molecule has 2 aromatic heterocycles. The van der Waals surface area contributed by atoms with Crippen LogP contribution in [0.2, 0.25) is 0 Å². The van der Waals surface area contributed by atoms with Crippen molar-refractivity contribution in [3.8, 4) is 5.95 Å². The molecule has 2 aromatic rings. The number of imidazole rings is 1. The lowest BCUT2D eigenvalue weighted by Gasteiger charge is -2.16. The van der Waals surface area contributed by atoms with Crippen LogP contribution in [0.1, 0.15) is 89.8 Å². The van der Waals surface area contributed by atoms with Gasteiger partial charge in [0.1, 0.15) is 5.82 Å². The maximum absolute atomic E-state index is 5.71. The second-order valence-electron chi connectivity index (χ2n) is 6.88. The molecular formula is C19H33N7. The van der Waals surface area contributed by atoms with Crippen LogP contribution in [0.15, 0.2) is 12.4 Å². The monoisotopic (exact) mass is 359 g/mol. The summed E-state index contributed by atoms with van der Waals surface area (Å²) in [6.45, 7) is 4.46. The summed E-state index contributed by atoms with van der Waals surface area (Å²) in [6.07, 6.45) is 16.4. The highest BCUT2D eigenvalue weighted by atomic mass is 15.3. The molecule has 0 fully saturated rings. The molecule has 7 nitrogen and oxygen atoms in total. The van der Waals surface area contributed by atoms with Crippen molar-refractivity contribution in [2.75, 3.05) is 11.5 Å². The number of nitrogens with two attached hydrogens (primary N) is 2. The van der Waals surface area contributed by atoms with E-state index in [1.165, 1.54) is 51.4 Å². The average Bonchev–Trinajstić information content (AvgIpc) is 3.09. The van der Waals surface area contributed by atoms with E-state index in [2.05, 4.69) is 33.8 Å². The lowest BCUT2D eigenvalue weighted by molar-refractivity contribution is 0.503. The van der Waals surface area contributed by atoms with Crippen LogP contribution in [0.4, 0.5) is 11.9 Å².